The minimum absolute atomic E-state index is 0.0157. The topological polar surface area (TPSA) is 85.8 Å². The summed E-state index contributed by atoms with van der Waals surface area (Å²) in [6.07, 6.45) is 0. The third-order valence-electron chi connectivity index (χ3n) is 2.39. The first kappa shape index (κ1) is 17.2. The number of rotatable bonds is 5. The van der Waals surface area contributed by atoms with Gasteiger partial charge in [-0.05, 0) is 12.1 Å². The maximum atomic E-state index is 12.3. The molecule has 0 bridgehead atoms. The number of ether oxygens (including phenoxy) is 2. The summed E-state index contributed by atoms with van der Waals surface area (Å²) in [6, 6.07) is 2.55. The van der Waals surface area contributed by atoms with Gasteiger partial charge in [-0.3, -0.25) is 14.4 Å². The van der Waals surface area contributed by atoms with Gasteiger partial charge in [0.15, 0.2) is 0 Å². The van der Waals surface area contributed by atoms with Crippen molar-refractivity contribution < 1.29 is 23.9 Å². The van der Waals surface area contributed by atoms with E-state index in [0.717, 1.165) is 4.90 Å². The Hall–Kier alpha value is -1.86. The van der Waals surface area contributed by atoms with Gasteiger partial charge in [-0.2, -0.15) is 0 Å². The molecular formula is C12H12Cl2N2O5. The van der Waals surface area contributed by atoms with Gasteiger partial charge in [0.2, 0.25) is 0 Å². The molecule has 0 spiro atoms. The van der Waals surface area contributed by atoms with Gasteiger partial charge in [0.1, 0.15) is 23.4 Å². The standard InChI is InChI=1S/C12H12Cl2N2O5/c1-20-10(17)5-16(6-11(18)21-2)12(19)7-3-8(13)15-9(14)4-7/h3-4H,5-6H2,1-2H3. The molecule has 0 aliphatic heterocycles. The van der Waals surface area contributed by atoms with Gasteiger partial charge in [0.25, 0.3) is 5.91 Å². The van der Waals surface area contributed by atoms with Crippen LogP contribution >= 0.6 is 23.2 Å². The Balaban J connectivity index is 3.02. The van der Waals surface area contributed by atoms with E-state index in [-0.39, 0.29) is 15.9 Å². The molecule has 0 aliphatic carbocycles. The molecule has 1 aromatic rings. The summed E-state index contributed by atoms with van der Waals surface area (Å²) in [5, 5.41) is 0.0314. The summed E-state index contributed by atoms with van der Waals surface area (Å²) in [7, 11) is 2.34. The van der Waals surface area contributed by atoms with E-state index >= 15 is 0 Å². The largest absolute Gasteiger partial charge is 0.468 e. The fourth-order valence-corrected chi connectivity index (χ4v) is 1.87. The molecule has 7 nitrogen and oxygen atoms in total. The van der Waals surface area contributed by atoms with E-state index in [1.807, 2.05) is 0 Å². The number of hydrogen-bond donors (Lipinski definition) is 0. The first-order chi connectivity index (χ1) is 9.87. The molecule has 21 heavy (non-hydrogen) atoms. The van der Waals surface area contributed by atoms with Crippen LogP contribution in [0.2, 0.25) is 10.3 Å². The van der Waals surface area contributed by atoms with Gasteiger partial charge in [0, 0.05) is 5.56 Å². The Morgan fingerprint density at radius 1 is 1.05 bits per heavy atom. The summed E-state index contributed by atoms with van der Waals surface area (Å²) in [4.78, 5) is 39.6. The SMILES string of the molecule is COC(=O)CN(CC(=O)OC)C(=O)c1cc(Cl)nc(Cl)c1. The van der Waals surface area contributed by atoms with Crippen molar-refractivity contribution in [2.24, 2.45) is 0 Å². The second kappa shape index (κ2) is 7.80. The number of pyridine rings is 1. The molecule has 0 N–H and O–H groups in total. The fraction of sp³-hybridized carbons (Fsp3) is 0.333. The lowest BCUT2D eigenvalue weighted by Crippen LogP contribution is -2.40. The number of nitrogens with zero attached hydrogens (tertiary/aromatic N) is 2. The highest BCUT2D eigenvalue weighted by Gasteiger charge is 2.23. The van der Waals surface area contributed by atoms with Crippen molar-refractivity contribution in [2.45, 2.75) is 0 Å². The van der Waals surface area contributed by atoms with Crippen LogP contribution in [0.5, 0.6) is 0 Å². The predicted octanol–water partition coefficient (Wildman–Crippen LogP) is 1.18. The lowest BCUT2D eigenvalue weighted by Gasteiger charge is -2.20. The average Bonchev–Trinajstić information content (AvgIpc) is 2.44. The van der Waals surface area contributed by atoms with E-state index < -0.39 is 30.9 Å². The minimum atomic E-state index is -0.682. The van der Waals surface area contributed by atoms with Gasteiger partial charge in [0.05, 0.1) is 14.2 Å². The van der Waals surface area contributed by atoms with Crippen molar-refractivity contribution in [3.05, 3.63) is 28.0 Å². The second-order valence-corrected chi connectivity index (χ2v) is 4.59. The molecule has 1 heterocycles. The van der Waals surface area contributed by atoms with Crippen LogP contribution in [-0.2, 0) is 19.1 Å². The first-order valence-electron chi connectivity index (χ1n) is 5.63. The first-order valence-corrected chi connectivity index (χ1v) is 6.39. The van der Waals surface area contributed by atoms with Gasteiger partial charge in [-0.1, -0.05) is 23.2 Å². The summed E-state index contributed by atoms with van der Waals surface area (Å²) in [5.74, 6) is -1.99. The Bertz CT molecular complexity index is 526. The van der Waals surface area contributed by atoms with Crippen LogP contribution in [-0.4, -0.2) is 55.0 Å². The zero-order valence-electron chi connectivity index (χ0n) is 11.3. The van der Waals surface area contributed by atoms with Crippen LogP contribution in [0.4, 0.5) is 0 Å². The number of carbonyl (C=O) groups is 3. The summed E-state index contributed by atoms with van der Waals surface area (Å²) < 4.78 is 8.96. The van der Waals surface area contributed by atoms with Gasteiger partial charge < -0.3 is 14.4 Å². The zero-order valence-corrected chi connectivity index (χ0v) is 12.8. The predicted molar refractivity (Wildman–Crippen MR) is 74.2 cm³/mol. The van der Waals surface area contributed by atoms with Gasteiger partial charge in [-0.15, -0.1) is 0 Å². The maximum Gasteiger partial charge on any atom is 0.325 e. The quantitative estimate of drug-likeness (QED) is 0.593. The van der Waals surface area contributed by atoms with Crippen molar-refractivity contribution in [1.82, 2.24) is 9.88 Å². The molecule has 0 aromatic carbocycles. The smallest absolute Gasteiger partial charge is 0.325 e. The molecule has 0 saturated heterocycles. The van der Waals surface area contributed by atoms with E-state index in [2.05, 4.69) is 14.5 Å². The van der Waals surface area contributed by atoms with Crippen LogP contribution in [0.25, 0.3) is 0 Å². The zero-order chi connectivity index (χ0) is 16.0. The third-order valence-corrected chi connectivity index (χ3v) is 2.78. The van der Waals surface area contributed by atoms with E-state index in [1.54, 1.807) is 0 Å². The van der Waals surface area contributed by atoms with Crippen molar-refractivity contribution >= 4 is 41.0 Å². The van der Waals surface area contributed by atoms with Crippen molar-refractivity contribution in [1.29, 1.82) is 0 Å². The molecule has 0 fully saturated rings. The van der Waals surface area contributed by atoms with E-state index in [1.165, 1.54) is 26.4 Å². The number of aromatic nitrogens is 1. The Labute approximate surface area is 130 Å². The van der Waals surface area contributed by atoms with Crippen LogP contribution in [0.3, 0.4) is 0 Å². The second-order valence-electron chi connectivity index (χ2n) is 3.81. The molecule has 0 saturated carbocycles. The number of amides is 1. The summed E-state index contributed by atoms with van der Waals surface area (Å²) >= 11 is 11.4. The Morgan fingerprint density at radius 3 is 1.86 bits per heavy atom. The van der Waals surface area contributed by atoms with Crippen LogP contribution in [0.1, 0.15) is 10.4 Å². The Morgan fingerprint density at radius 2 is 1.48 bits per heavy atom. The summed E-state index contributed by atoms with van der Waals surface area (Å²) in [6.45, 7) is -0.829. The number of hydrogen-bond acceptors (Lipinski definition) is 6. The van der Waals surface area contributed by atoms with E-state index in [4.69, 9.17) is 23.2 Å². The molecule has 0 aliphatic rings. The van der Waals surface area contributed by atoms with Gasteiger partial charge >= 0.3 is 11.9 Å². The molecule has 1 amide bonds. The number of halogens is 2. The molecule has 0 radical (unpaired) electrons. The molecule has 0 unspecified atom stereocenters. The van der Waals surface area contributed by atoms with Crippen molar-refractivity contribution in [3.63, 3.8) is 0 Å². The molecule has 1 aromatic heterocycles. The van der Waals surface area contributed by atoms with Crippen molar-refractivity contribution in [2.75, 3.05) is 27.3 Å². The highest BCUT2D eigenvalue weighted by molar-refractivity contribution is 6.33. The molecule has 9 heteroatoms. The maximum absolute atomic E-state index is 12.3. The highest BCUT2D eigenvalue weighted by atomic mass is 35.5. The van der Waals surface area contributed by atoms with Crippen LogP contribution in [0, 0.1) is 0 Å². The number of methoxy groups -OCH3 is 2. The monoisotopic (exact) mass is 334 g/mol. The van der Waals surface area contributed by atoms with Gasteiger partial charge in [-0.25, -0.2) is 4.98 Å². The normalized spacial score (nSPS) is 9.90. The molecular weight excluding hydrogens is 323 g/mol. The summed E-state index contributed by atoms with van der Waals surface area (Å²) in [5.41, 5.74) is 0.0906. The molecule has 114 valence electrons. The minimum Gasteiger partial charge on any atom is -0.468 e. The lowest BCUT2D eigenvalue weighted by molar-refractivity contribution is -0.144. The fourth-order valence-electron chi connectivity index (χ4n) is 1.41. The molecule has 0 atom stereocenters. The van der Waals surface area contributed by atoms with E-state index in [9.17, 15) is 14.4 Å². The lowest BCUT2D eigenvalue weighted by atomic mass is 10.2. The number of carbonyl (C=O) groups excluding carboxylic acids is 3. The average molecular weight is 335 g/mol. The number of esters is 2. The van der Waals surface area contributed by atoms with Crippen LogP contribution < -0.4 is 0 Å². The molecule has 1 rings (SSSR count). The highest BCUT2D eigenvalue weighted by Crippen LogP contribution is 2.16. The van der Waals surface area contributed by atoms with Crippen molar-refractivity contribution in [3.8, 4) is 0 Å². The van der Waals surface area contributed by atoms with E-state index in [0.29, 0.717) is 0 Å². The Kier molecular flexibility index (Phi) is 6.39. The third kappa shape index (κ3) is 5.20. The van der Waals surface area contributed by atoms with Crippen LogP contribution in [0.15, 0.2) is 12.1 Å².